The minimum Gasteiger partial charge on any atom is -0.492 e. The van der Waals surface area contributed by atoms with E-state index in [-0.39, 0.29) is 11.9 Å². The van der Waals surface area contributed by atoms with Crippen LogP contribution in [0.5, 0.6) is 5.75 Å². The normalized spacial score (nSPS) is 25.1. The van der Waals surface area contributed by atoms with Crippen LogP contribution in [0.15, 0.2) is 24.3 Å². The van der Waals surface area contributed by atoms with Crippen LogP contribution in [0.25, 0.3) is 0 Å². The third-order valence-electron chi connectivity index (χ3n) is 6.59. The van der Waals surface area contributed by atoms with Gasteiger partial charge in [-0.25, -0.2) is 0 Å². The molecule has 2 aliphatic heterocycles. The number of ether oxygens (including phenoxy) is 1. The summed E-state index contributed by atoms with van der Waals surface area (Å²) in [7, 11) is 0. The Morgan fingerprint density at radius 3 is 2.41 bits per heavy atom. The van der Waals surface area contributed by atoms with Crippen LogP contribution >= 0.6 is 0 Å². The minimum absolute atomic E-state index is 0.0327. The zero-order chi connectivity index (χ0) is 20.8. The summed E-state index contributed by atoms with van der Waals surface area (Å²) in [5.74, 6) is 0.760. The van der Waals surface area contributed by atoms with Gasteiger partial charge in [0.1, 0.15) is 5.75 Å². The number of benzene rings is 1. The number of hydrogen-bond donors (Lipinski definition) is 1. The smallest absolute Gasteiger partial charge is 0.241 e. The molecule has 2 fully saturated rings. The maximum atomic E-state index is 12.8. The highest BCUT2D eigenvalue weighted by Gasteiger charge is 2.29. The average molecular weight is 403 g/mol. The molecular weight excluding hydrogens is 364 g/mol. The van der Waals surface area contributed by atoms with E-state index < -0.39 is 0 Å². The van der Waals surface area contributed by atoms with Crippen molar-refractivity contribution in [3.8, 4) is 5.75 Å². The second-order valence-electron chi connectivity index (χ2n) is 8.49. The Labute approximate surface area is 176 Å². The van der Waals surface area contributed by atoms with E-state index in [1.54, 1.807) is 0 Å². The quantitative estimate of drug-likeness (QED) is 0.725. The summed E-state index contributed by atoms with van der Waals surface area (Å²) in [5, 5.41) is 3.05. The van der Waals surface area contributed by atoms with E-state index in [9.17, 15) is 4.79 Å². The van der Waals surface area contributed by atoms with Crippen molar-refractivity contribution in [2.75, 3.05) is 51.2 Å². The number of nitrogens with one attached hydrogen (secondary N) is 1. The van der Waals surface area contributed by atoms with Crippen LogP contribution in [0, 0.1) is 0 Å². The molecule has 6 heteroatoms. The lowest BCUT2D eigenvalue weighted by Crippen LogP contribution is -2.54. The van der Waals surface area contributed by atoms with Gasteiger partial charge in [0.25, 0.3) is 0 Å². The third-order valence-corrected chi connectivity index (χ3v) is 6.59. The third kappa shape index (κ3) is 5.71. The first-order valence-corrected chi connectivity index (χ1v) is 11.2. The molecule has 0 saturated carbocycles. The zero-order valence-electron chi connectivity index (χ0n) is 18.6. The van der Waals surface area contributed by atoms with E-state index in [1.165, 1.54) is 12.8 Å². The fraction of sp³-hybridized carbons (Fsp3) is 0.696. The highest BCUT2D eigenvalue weighted by atomic mass is 16.5. The molecule has 3 rings (SSSR count). The van der Waals surface area contributed by atoms with Crippen molar-refractivity contribution in [3.63, 3.8) is 0 Å². The zero-order valence-corrected chi connectivity index (χ0v) is 18.6. The standard InChI is InChI=1S/C23H38N4O2/c1-5-29-22-9-7-6-8-21(22)24-23(28)20(4)26-15-12-25(13-16-26)14-17-27-18(2)10-11-19(27)3/h6-9,18-20H,5,10-17H2,1-4H3,(H,24,28). The summed E-state index contributed by atoms with van der Waals surface area (Å²) in [6.07, 6.45) is 2.65. The molecule has 2 saturated heterocycles. The molecule has 1 amide bonds. The van der Waals surface area contributed by atoms with Gasteiger partial charge >= 0.3 is 0 Å². The number of rotatable bonds is 8. The van der Waals surface area contributed by atoms with Crippen molar-refractivity contribution < 1.29 is 9.53 Å². The maximum absolute atomic E-state index is 12.8. The van der Waals surface area contributed by atoms with Gasteiger partial charge in [-0.2, -0.15) is 0 Å². The molecule has 0 radical (unpaired) electrons. The summed E-state index contributed by atoms with van der Waals surface area (Å²) in [6.45, 7) is 15.5. The molecule has 1 aromatic rings. The van der Waals surface area contributed by atoms with Crippen molar-refractivity contribution >= 4 is 11.6 Å². The lowest BCUT2D eigenvalue weighted by molar-refractivity contribution is -0.121. The van der Waals surface area contributed by atoms with Crippen LogP contribution in [-0.2, 0) is 4.79 Å². The number of carbonyl (C=O) groups excluding carboxylic acids is 1. The van der Waals surface area contributed by atoms with Gasteiger partial charge in [-0.05, 0) is 52.7 Å². The first-order chi connectivity index (χ1) is 14.0. The number of carbonyl (C=O) groups is 1. The maximum Gasteiger partial charge on any atom is 0.241 e. The predicted molar refractivity (Wildman–Crippen MR) is 119 cm³/mol. The van der Waals surface area contributed by atoms with E-state index in [2.05, 4.69) is 33.9 Å². The average Bonchev–Trinajstić information content (AvgIpc) is 3.05. The molecular formula is C23H38N4O2. The van der Waals surface area contributed by atoms with E-state index >= 15 is 0 Å². The van der Waals surface area contributed by atoms with Gasteiger partial charge in [-0.15, -0.1) is 0 Å². The van der Waals surface area contributed by atoms with Crippen LogP contribution in [0.1, 0.15) is 40.5 Å². The molecule has 3 unspecified atom stereocenters. The van der Waals surface area contributed by atoms with Gasteiger partial charge in [0.05, 0.1) is 18.3 Å². The van der Waals surface area contributed by atoms with Crippen molar-refractivity contribution in [3.05, 3.63) is 24.3 Å². The Balaban J connectivity index is 1.44. The fourth-order valence-corrected chi connectivity index (χ4v) is 4.57. The molecule has 162 valence electrons. The van der Waals surface area contributed by atoms with Gasteiger partial charge < -0.3 is 10.1 Å². The fourth-order valence-electron chi connectivity index (χ4n) is 4.57. The minimum atomic E-state index is -0.148. The Hall–Kier alpha value is -1.63. The van der Waals surface area contributed by atoms with Crippen LogP contribution in [0.2, 0.25) is 0 Å². The first-order valence-electron chi connectivity index (χ1n) is 11.2. The van der Waals surface area contributed by atoms with Gasteiger partial charge in [-0.3, -0.25) is 19.5 Å². The SMILES string of the molecule is CCOc1ccccc1NC(=O)C(C)N1CCN(CCN2C(C)CCC2C)CC1. The highest BCUT2D eigenvalue weighted by molar-refractivity contribution is 5.95. The number of piperazine rings is 1. The van der Waals surface area contributed by atoms with Crippen LogP contribution in [-0.4, -0.2) is 84.6 Å². The van der Waals surface area contributed by atoms with Gasteiger partial charge in [0.15, 0.2) is 0 Å². The van der Waals surface area contributed by atoms with Gasteiger partial charge in [0.2, 0.25) is 5.91 Å². The monoisotopic (exact) mass is 402 g/mol. The van der Waals surface area contributed by atoms with E-state index in [0.29, 0.717) is 6.61 Å². The summed E-state index contributed by atoms with van der Waals surface area (Å²) >= 11 is 0. The number of hydrogen-bond acceptors (Lipinski definition) is 5. The molecule has 1 N–H and O–H groups in total. The number of amides is 1. The molecule has 3 atom stereocenters. The molecule has 1 aromatic carbocycles. The highest BCUT2D eigenvalue weighted by Crippen LogP contribution is 2.25. The van der Waals surface area contributed by atoms with E-state index in [4.69, 9.17) is 4.74 Å². The largest absolute Gasteiger partial charge is 0.492 e. The van der Waals surface area contributed by atoms with E-state index in [0.717, 1.165) is 62.8 Å². The Kier molecular flexibility index (Phi) is 7.92. The molecule has 29 heavy (non-hydrogen) atoms. The van der Waals surface area contributed by atoms with Crippen molar-refractivity contribution in [1.29, 1.82) is 0 Å². The van der Waals surface area contributed by atoms with Crippen molar-refractivity contribution in [1.82, 2.24) is 14.7 Å². The molecule has 2 aliphatic rings. The lowest BCUT2D eigenvalue weighted by Gasteiger charge is -2.38. The van der Waals surface area contributed by atoms with E-state index in [1.807, 2.05) is 38.1 Å². The molecule has 2 heterocycles. The Morgan fingerprint density at radius 2 is 1.76 bits per heavy atom. The van der Waals surface area contributed by atoms with Crippen LogP contribution < -0.4 is 10.1 Å². The van der Waals surface area contributed by atoms with Crippen molar-refractivity contribution in [2.45, 2.75) is 58.7 Å². The summed E-state index contributed by atoms with van der Waals surface area (Å²) in [4.78, 5) is 20.3. The summed E-state index contributed by atoms with van der Waals surface area (Å²) in [5.41, 5.74) is 0.749. The van der Waals surface area contributed by atoms with Crippen molar-refractivity contribution in [2.24, 2.45) is 0 Å². The summed E-state index contributed by atoms with van der Waals surface area (Å²) < 4.78 is 5.62. The predicted octanol–water partition coefficient (Wildman–Crippen LogP) is 2.90. The lowest BCUT2D eigenvalue weighted by atomic mass is 10.2. The molecule has 0 aliphatic carbocycles. The number of nitrogens with zero attached hydrogens (tertiary/aromatic N) is 3. The Morgan fingerprint density at radius 1 is 1.10 bits per heavy atom. The summed E-state index contributed by atoms with van der Waals surface area (Å²) in [6, 6.07) is 8.92. The van der Waals surface area contributed by atoms with Crippen LogP contribution in [0.4, 0.5) is 5.69 Å². The molecule has 6 nitrogen and oxygen atoms in total. The first kappa shape index (κ1) is 22.1. The molecule has 0 aromatic heterocycles. The van der Waals surface area contributed by atoms with Gasteiger partial charge in [-0.1, -0.05) is 12.1 Å². The van der Waals surface area contributed by atoms with Gasteiger partial charge in [0, 0.05) is 51.4 Å². The van der Waals surface area contributed by atoms with Crippen LogP contribution in [0.3, 0.4) is 0 Å². The number of para-hydroxylation sites is 2. The Bertz CT molecular complexity index is 650. The number of anilines is 1. The topological polar surface area (TPSA) is 48.1 Å². The second-order valence-corrected chi connectivity index (χ2v) is 8.49. The molecule has 0 bridgehead atoms. The molecule has 0 spiro atoms. The number of likely N-dealkylation sites (tertiary alicyclic amines) is 1. The second kappa shape index (κ2) is 10.4.